The summed E-state index contributed by atoms with van der Waals surface area (Å²) in [5.74, 6) is 1.58. The second kappa shape index (κ2) is 7.39. The highest BCUT2D eigenvalue weighted by Crippen LogP contribution is 2.16. The van der Waals surface area contributed by atoms with Gasteiger partial charge < -0.3 is 10.5 Å². The Balaban J connectivity index is 2.63. The van der Waals surface area contributed by atoms with Crippen molar-refractivity contribution in [3.8, 4) is 5.75 Å². The molecule has 102 valence electrons. The van der Waals surface area contributed by atoms with E-state index in [-0.39, 0.29) is 0 Å². The van der Waals surface area contributed by atoms with Gasteiger partial charge >= 0.3 is 0 Å². The Morgan fingerprint density at radius 3 is 2.61 bits per heavy atom. The number of nitrogens with zero attached hydrogens (tertiary/aromatic N) is 1. The second-order valence-electron chi connectivity index (χ2n) is 5.29. The molecule has 0 saturated heterocycles. The Bertz CT molecular complexity index is 352. The lowest BCUT2D eigenvalue weighted by atomic mass is 10.0. The maximum atomic E-state index is 5.87. The minimum absolute atomic E-state index is 0.441. The van der Waals surface area contributed by atoms with Crippen LogP contribution < -0.4 is 10.5 Å². The molecule has 0 saturated carbocycles. The van der Waals surface area contributed by atoms with Gasteiger partial charge in [-0.15, -0.1) is 0 Å². The van der Waals surface area contributed by atoms with Crippen molar-refractivity contribution in [3.05, 3.63) is 29.8 Å². The molecule has 1 rings (SSSR count). The molecule has 1 unspecified atom stereocenters. The number of methoxy groups -OCH3 is 1. The molecule has 0 amide bonds. The van der Waals surface area contributed by atoms with Crippen LogP contribution in [0.2, 0.25) is 0 Å². The smallest absolute Gasteiger partial charge is 0.119 e. The van der Waals surface area contributed by atoms with Gasteiger partial charge in [-0.05, 0) is 37.1 Å². The average molecular weight is 250 g/mol. The number of hydrogen-bond donors (Lipinski definition) is 1. The fourth-order valence-electron chi connectivity index (χ4n) is 2.19. The average Bonchev–Trinajstić information content (AvgIpc) is 2.35. The highest BCUT2D eigenvalue weighted by Gasteiger charge is 2.14. The van der Waals surface area contributed by atoms with Crippen LogP contribution in [0, 0.1) is 5.92 Å². The molecule has 0 fully saturated rings. The van der Waals surface area contributed by atoms with Gasteiger partial charge in [0.05, 0.1) is 7.11 Å². The van der Waals surface area contributed by atoms with Crippen molar-refractivity contribution in [2.24, 2.45) is 11.7 Å². The first kappa shape index (κ1) is 15.0. The molecular formula is C15H26N2O. The van der Waals surface area contributed by atoms with E-state index in [2.05, 4.69) is 37.9 Å². The molecule has 3 heteroatoms. The van der Waals surface area contributed by atoms with Crippen molar-refractivity contribution in [3.63, 3.8) is 0 Å². The van der Waals surface area contributed by atoms with Crippen LogP contribution in [0.25, 0.3) is 0 Å². The second-order valence-corrected chi connectivity index (χ2v) is 5.29. The molecule has 0 spiro atoms. The van der Waals surface area contributed by atoms with Crippen LogP contribution in [-0.4, -0.2) is 31.6 Å². The summed E-state index contributed by atoms with van der Waals surface area (Å²) in [6.45, 7) is 6.09. The number of benzene rings is 1. The van der Waals surface area contributed by atoms with Gasteiger partial charge in [-0.2, -0.15) is 0 Å². The summed E-state index contributed by atoms with van der Waals surface area (Å²) >= 11 is 0. The largest absolute Gasteiger partial charge is 0.497 e. The molecule has 2 N–H and O–H groups in total. The summed E-state index contributed by atoms with van der Waals surface area (Å²) in [5, 5.41) is 0. The first-order chi connectivity index (χ1) is 8.56. The fourth-order valence-corrected chi connectivity index (χ4v) is 2.19. The van der Waals surface area contributed by atoms with E-state index in [4.69, 9.17) is 10.5 Å². The Labute approximate surface area is 111 Å². The summed E-state index contributed by atoms with van der Waals surface area (Å²) < 4.78 is 5.24. The molecule has 0 radical (unpaired) electrons. The lowest BCUT2D eigenvalue weighted by molar-refractivity contribution is 0.210. The van der Waals surface area contributed by atoms with E-state index in [1.165, 1.54) is 5.56 Å². The number of likely N-dealkylation sites (N-methyl/N-ethyl adjacent to an activating group) is 1. The Hall–Kier alpha value is -1.06. The molecule has 0 bridgehead atoms. The highest BCUT2D eigenvalue weighted by molar-refractivity contribution is 5.28. The van der Waals surface area contributed by atoms with E-state index >= 15 is 0 Å². The molecule has 0 aliphatic heterocycles. The number of nitrogens with two attached hydrogens (primary N) is 1. The van der Waals surface area contributed by atoms with Crippen molar-refractivity contribution < 1.29 is 4.74 Å². The molecule has 0 aromatic heterocycles. The van der Waals surface area contributed by atoms with Crippen molar-refractivity contribution >= 4 is 0 Å². The SMILES string of the molecule is COc1cccc(CN(C)C(CN)CC(C)C)c1. The van der Waals surface area contributed by atoms with Crippen LogP contribution in [0.4, 0.5) is 0 Å². The Morgan fingerprint density at radius 1 is 1.33 bits per heavy atom. The minimum Gasteiger partial charge on any atom is -0.497 e. The molecule has 0 heterocycles. The molecule has 3 nitrogen and oxygen atoms in total. The van der Waals surface area contributed by atoms with Gasteiger partial charge in [0.25, 0.3) is 0 Å². The van der Waals surface area contributed by atoms with Crippen molar-refractivity contribution in [1.29, 1.82) is 0 Å². The van der Waals surface area contributed by atoms with E-state index in [9.17, 15) is 0 Å². The number of hydrogen-bond acceptors (Lipinski definition) is 3. The predicted molar refractivity (Wildman–Crippen MR) is 76.8 cm³/mol. The summed E-state index contributed by atoms with van der Waals surface area (Å²) in [7, 11) is 3.84. The van der Waals surface area contributed by atoms with Gasteiger partial charge in [-0.3, -0.25) is 4.90 Å². The summed E-state index contributed by atoms with van der Waals surface area (Å²) in [6.07, 6.45) is 1.14. The zero-order valence-corrected chi connectivity index (χ0v) is 12.0. The van der Waals surface area contributed by atoms with Gasteiger partial charge in [0, 0.05) is 19.1 Å². The van der Waals surface area contributed by atoms with Crippen LogP contribution in [0.1, 0.15) is 25.8 Å². The molecule has 0 aliphatic carbocycles. The quantitative estimate of drug-likeness (QED) is 0.808. The maximum absolute atomic E-state index is 5.87. The van der Waals surface area contributed by atoms with E-state index < -0.39 is 0 Å². The van der Waals surface area contributed by atoms with Crippen molar-refractivity contribution in [2.75, 3.05) is 20.7 Å². The van der Waals surface area contributed by atoms with Crippen molar-refractivity contribution in [1.82, 2.24) is 4.90 Å². The predicted octanol–water partition coefficient (Wildman–Crippen LogP) is 2.50. The van der Waals surface area contributed by atoms with Gasteiger partial charge in [0.1, 0.15) is 5.75 Å². The minimum atomic E-state index is 0.441. The zero-order chi connectivity index (χ0) is 13.5. The van der Waals surface area contributed by atoms with Crippen LogP contribution in [0.15, 0.2) is 24.3 Å². The van der Waals surface area contributed by atoms with Crippen LogP contribution in [-0.2, 0) is 6.54 Å². The first-order valence-corrected chi connectivity index (χ1v) is 6.60. The van der Waals surface area contributed by atoms with Crippen LogP contribution in [0.5, 0.6) is 5.75 Å². The lowest BCUT2D eigenvalue weighted by Crippen LogP contribution is -2.38. The van der Waals surface area contributed by atoms with Crippen molar-refractivity contribution in [2.45, 2.75) is 32.9 Å². The van der Waals surface area contributed by atoms with Gasteiger partial charge in [-0.1, -0.05) is 26.0 Å². The standard InChI is InChI=1S/C15H26N2O/c1-12(2)8-14(10-16)17(3)11-13-6-5-7-15(9-13)18-4/h5-7,9,12,14H,8,10-11,16H2,1-4H3. The van der Waals surface area contributed by atoms with Gasteiger partial charge in [0.15, 0.2) is 0 Å². The lowest BCUT2D eigenvalue weighted by Gasteiger charge is -2.28. The molecule has 0 aliphatic rings. The number of rotatable bonds is 7. The summed E-state index contributed by atoms with van der Waals surface area (Å²) in [6, 6.07) is 8.65. The third-order valence-corrected chi connectivity index (χ3v) is 3.21. The third-order valence-electron chi connectivity index (χ3n) is 3.21. The fraction of sp³-hybridized carbons (Fsp3) is 0.600. The molecule has 1 aromatic rings. The highest BCUT2D eigenvalue weighted by atomic mass is 16.5. The van der Waals surface area contributed by atoms with E-state index in [1.807, 2.05) is 12.1 Å². The Morgan fingerprint density at radius 2 is 2.06 bits per heavy atom. The molecular weight excluding hydrogens is 224 g/mol. The van der Waals surface area contributed by atoms with Gasteiger partial charge in [-0.25, -0.2) is 0 Å². The summed E-state index contributed by atoms with van der Waals surface area (Å²) in [5.41, 5.74) is 7.13. The first-order valence-electron chi connectivity index (χ1n) is 6.60. The summed E-state index contributed by atoms with van der Waals surface area (Å²) in [4.78, 5) is 2.33. The monoisotopic (exact) mass is 250 g/mol. The third kappa shape index (κ3) is 4.67. The number of ether oxygens (including phenoxy) is 1. The zero-order valence-electron chi connectivity index (χ0n) is 12.0. The molecule has 1 aromatic carbocycles. The van der Waals surface area contributed by atoms with E-state index in [0.29, 0.717) is 18.5 Å². The van der Waals surface area contributed by atoms with E-state index in [0.717, 1.165) is 18.7 Å². The van der Waals surface area contributed by atoms with E-state index in [1.54, 1.807) is 7.11 Å². The van der Waals surface area contributed by atoms with Crippen LogP contribution >= 0.6 is 0 Å². The normalized spacial score (nSPS) is 13.1. The van der Waals surface area contributed by atoms with Gasteiger partial charge in [0.2, 0.25) is 0 Å². The maximum Gasteiger partial charge on any atom is 0.119 e. The molecule has 18 heavy (non-hydrogen) atoms. The topological polar surface area (TPSA) is 38.5 Å². The van der Waals surface area contributed by atoms with Crippen LogP contribution in [0.3, 0.4) is 0 Å². The molecule has 1 atom stereocenters. The Kier molecular flexibility index (Phi) is 6.16.